The van der Waals surface area contributed by atoms with Gasteiger partial charge in [0.05, 0.1) is 71.9 Å². The fraction of sp³-hybridized carbons (Fsp3) is 0.556. The van der Waals surface area contributed by atoms with Crippen LogP contribution in [0.3, 0.4) is 0 Å². The predicted octanol–water partition coefficient (Wildman–Crippen LogP) is 10.2. The van der Waals surface area contributed by atoms with Crippen LogP contribution in [-0.2, 0) is 40.1 Å². The lowest BCUT2D eigenvalue weighted by Crippen LogP contribution is -2.62. The van der Waals surface area contributed by atoms with Crippen molar-refractivity contribution in [1.82, 2.24) is 58.0 Å². The number of nitrogens with zero attached hydrogens (tertiary/aromatic N) is 11. The maximum Gasteiger partial charge on any atom is 0.263 e. The molecule has 23 nitrogen and oxygen atoms in total. The maximum atomic E-state index is 13.0. The van der Waals surface area contributed by atoms with Crippen molar-refractivity contribution in [3.8, 4) is 0 Å². The number of benzene rings is 4. The van der Waals surface area contributed by atoms with Gasteiger partial charge in [0.15, 0.2) is 0 Å². The van der Waals surface area contributed by atoms with Crippen molar-refractivity contribution >= 4 is 124 Å². The van der Waals surface area contributed by atoms with Crippen LogP contribution < -0.4 is 14.7 Å². The maximum absolute atomic E-state index is 13.0. The number of hydrogen-bond donors (Lipinski definition) is 4. The van der Waals surface area contributed by atoms with E-state index in [4.69, 9.17) is 23.2 Å². The Labute approximate surface area is 558 Å². The molecular weight excluding hydrogens is 1330 g/mol. The van der Waals surface area contributed by atoms with Crippen molar-refractivity contribution in [2.75, 3.05) is 105 Å². The molecule has 8 aromatic rings. The highest BCUT2D eigenvalue weighted by molar-refractivity contribution is 7.89. The Balaban J connectivity index is 0.000000120. The normalized spacial score (nSPS) is 22.8. The smallest absolute Gasteiger partial charge is 0.263 e. The summed E-state index contributed by atoms with van der Waals surface area (Å²) in [5, 5.41) is 33.7. The van der Waals surface area contributed by atoms with E-state index in [0.717, 1.165) is 127 Å². The number of sulfonamides is 4. The van der Waals surface area contributed by atoms with E-state index in [0.29, 0.717) is 86.7 Å². The zero-order valence-corrected chi connectivity index (χ0v) is 58.0. The monoisotopic (exact) mass is 1410 g/mol. The van der Waals surface area contributed by atoms with Crippen molar-refractivity contribution in [3.05, 3.63) is 100 Å². The third kappa shape index (κ3) is 14.9. The first-order valence-corrected chi connectivity index (χ1v) is 40.5. The predicted molar refractivity (Wildman–Crippen MR) is 367 cm³/mol. The summed E-state index contributed by atoms with van der Waals surface area (Å²) in [6.07, 6.45) is 23.6. The summed E-state index contributed by atoms with van der Waals surface area (Å²) >= 11 is 12.6. The van der Waals surface area contributed by atoms with Gasteiger partial charge < -0.3 is 14.7 Å². The van der Waals surface area contributed by atoms with Crippen molar-refractivity contribution < 1.29 is 42.5 Å². The Morgan fingerprint density at radius 3 is 1.18 bits per heavy atom. The molecule has 4 aromatic carbocycles. The molecule has 31 heteroatoms. The summed E-state index contributed by atoms with van der Waals surface area (Å²) in [5.74, 6) is 0.461. The van der Waals surface area contributed by atoms with E-state index in [-0.39, 0.29) is 35.6 Å². The van der Waals surface area contributed by atoms with Crippen LogP contribution in [0.1, 0.15) is 125 Å². The van der Waals surface area contributed by atoms with Gasteiger partial charge in [-0.3, -0.25) is 20.4 Å². The molecular formula is C63H83Cl2F2N15O8S4. The summed E-state index contributed by atoms with van der Waals surface area (Å²) in [7, 11) is -12.6. The number of aromatic nitrogens is 8. The molecule has 0 spiro atoms. The lowest BCUT2D eigenvalue weighted by molar-refractivity contribution is 0.151. The summed E-state index contributed by atoms with van der Waals surface area (Å²) < 4.78 is 128. The van der Waals surface area contributed by atoms with Crippen LogP contribution in [0.5, 0.6) is 0 Å². The minimum Gasteiger partial charge on any atom is -0.371 e. The lowest BCUT2D eigenvalue weighted by atomic mass is 9.87. The first-order valence-electron chi connectivity index (χ1n) is 32.4. The van der Waals surface area contributed by atoms with Crippen molar-refractivity contribution in [2.45, 2.75) is 132 Å². The van der Waals surface area contributed by atoms with E-state index >= 15 is 0 Å². The molecule has 15 rings (SSSR count). The van der Waals surface area contributed by atoms with E-state index in [9.17, 15) is 42.5 Å². The van der Waals surface area contributed by atoms with Gasteiger partial charge >= 0.3 is 0 Å². The number of halogens is 4. The van der Waals surface area contributed by atoms with Crippen molar-refractivity contribution in [2.24, 2.45) is 0 Å². The van der Waals surface area contributed by atoms with E-state index < -0.39 is 46.5 Å². The van der Waals surface area contributed by atoms with E-state index in [1.807, 2.05) is 42.9 Å². The first-order chi connectivity index (χ1) is 44.8. The summed E-state index contributed by atoms with van der Waals surface area (Å²) in [5.41, 5.74) is 8.99. The van der Waals surface area contributed by atoms with Gasteiger partial charge in [0, 0.05) is 144 Å². The number of hydrogen-bond acceptors (Lipinski definition) is 15. The van der Waals surface area contributed by atoms with Crippen LogP contribution in [0.2, 0.25) is 10.0 Å². The largest absolute Gasteiger partial charge is 0.371 e. The van der Waals surface area contributed by atoms with Gasteiger partial charge in [0.1, 0.15) is 0 Å². The van der Waals surface area contributed by atoms with E-state index in [1.54, 1.807) is 19.1 Å². The SMILES string of the molecule is CS(=O)(=O)N1CCC(c2cc(C(F)F)cc3[nH]ncc23)CC1.CS(=O)(=O)N1CCC(c2cc(N3CCCC3)cc3[nH]ncc23)CC1.CS(=O)(=O)N1CCN(c2cc(Cl)cc3[nH]ncc23)C2CCCCC21.CS(=O)(=O)N1CCN(c2cc(Cl)cc3[nH]ncc23)C2CCCCC21. The van der Waals surface area contributed by atoms with Crippen molar-refractivity contribution in [3.63, 3.8) is 0 Å². The highest BCUT2D eigenvalue weighted by Crippen LogP contribution is 2.43. The summed E-state index contributed by atoms with van der Waals surface area (Å²) in [4.78, 5) is 7.12. The third-order valence-electron chi connectivity index (χ3n) is 20.2. The standard InChI is InChI=1S/C17H24N4O2S.2C16H21ClN4O2S.C14H17F2N3O2S/c1-24(22,23)21-8-4-13(5-9-21)15-10-14(20-6-2-3-7-20)11-17-16(15)12-18-19-17;2*1-24(22,23)21-7-6-20(14-4-2-3-5-15(14)21)16-9-11(17)8-13-12(16)10-18-19-13;1-22(20,21)19-4-2-9(3-5-19)11-6-10(14(15)16)7-13-12(11)8-17-18-13/h10-13H,2-9H2,1H3,(H,18,19);2*8-10,14-15H,2-7H2,1H3,(H,18,19);6-9,14H,2-5H2,1H3,(H,17,18). The fourth-order valence-electron chi connectivity index (χ4n) is 15.7. The van der Waals surface area contributed by atoms with Crippen LogP contribution in [0.15, 0.2) is 73.3 Å². The first kappa shape index (κ1) is 68.2. The second-order valence-electron chi connectivity index (χ2n) is 26.2. The molecule has 2 saturated carbocycles. The molecule has 510 valence electrons. The Kier molecular flexibility index (Phi) is 20.3. The molecule has 4 atom stereocenters. The molecule has 7 aliphatic rings. The Bertz CT molecular complexity index is 4330. The average Bonchev–Trinajstić information content (AvgIpc) is 1.53. The van der Waals surface area contributed by atoms with Crippen LogP contribution in [0.4, 0.5) is 25.8 Å². The van der Waals surface area contributed by atoms with Gasteiger partial charge in [-0.1, -0.05) is 48.9 Å². The minimum absolute atomic E-state index is 0.0303. The number of nitrogens with one attached hydrogen (secondary N) is 4. The molecule has 4 unspecified atom stereocenters. The van der Waals surface area contributed by atoms with Crippen LogP contribution >= 0.6 is 23.2 Å². The Morgan fingerprint density at radius 1 is 0.415 bits per heavy atom. The Morgan fingerprint density at radius 2 is 0.787 bits per heavy atom. The molecule has 0 amide bonds. The van der Waals surface area contributed by atoms with Crippen LogP contribution in [-0.4, -0.2) is 206 Å². The molecule has 4 aromatic heterocycles. The third-order valence-corrected chi connectivity index (χ3v) is 25.8. The minimum atomic E-state index is -3.19. The molecule has 0 radical (unpaired) electrons. The second kappa shape index (κ2) is 28.0. The van der Waals surface area contributed by atoms with Gasteiger partial charge in [-0.2, -0.15) is 29.0 Å². The molecule has 9 heterocycles. The van der Waals surface area contributed by atoms with Gasteiger partial charge in [-0.25, -0.2) is 51.1 Å². The highest BCUT2D eigenvalue weighted by Gasteiger charge is 2.44. The molecule has 4 N–H and O–H groups in total. The number of H-pyrrole nitrogens is 4. The number of rotatable bonds is 10. The van der Waals surface area contributed by atoms with Crippen LogP contribution in [0.25, 0.3) is 43.6 Å². The second-order valence-corrected chi connectivity index (χ2v) is 34.9. The molecule has 7 fully saturated rings. The number of alkyl halides is 2. The van der Waals surface area contributed by atoms with E-state index in [1.165, 1.54) is 70.9 Å². The number of anilines is 3. The van der Waals surface area contributed by atoms with Gasteiger partial charge in [0.25, 0.3) is 6.43 Å². The molecule has 5 aliphatic heterocycles. The van der Waals surface area contributed by atoms with Gasteiger partial charge in [-0.15, -0.1) is 0 Å². The molecule has 0 bridgehead atoms. The lowest BCUT2D eigenvalue weighted by Gasteiger charge is -2.50. The van der Waals surface area contributed by atoms with Gasteiger partial charge in [-0.05, 0) is 136 Å². The fourth-order valence-corrected chi connectivity index (χ4v) is 20.1. The number of piperidine rings is 2. The highest BCUT2D eigenvalue weighted by atomic mass is 35.5. The summed E-state index contributed by atoms with van der Waals surface area (Å²) in [6, 6.07) is 15.6. The number of piperazine rings is 2. The zero-order valence-electron chi connectivity index (χ0n) is 53.3. The van der Waals surface area contributed by atoms with Crippen LogP contribution in [0, 0.1) is 0 Å². The van der Waals surface area contributed by atoms with Crippen molar-refractivity contribution in [1.29, 1.82) is 0 Å². The van der Waals surface area contributed by atoms with E-state index in [2.05, 4.69) is 67.6 Å². The topological polar surface area (TPSA) is 274 Å². The zero-order chi connectivity index (χ0) is 66.4. The average molecular weight is 1420 g/mol. The molecule has 5 saturated heterocycles. The molecule has 2 aliphatic carbocycles. The quantitative estimate of drug-likeness (QED) is 0.0991. The number of fused-ring (bicyclic) bond motifs is 6. The van der Waals surface area contributed by atoms with Gasteiger partial charge in [0.2, 0.25) is 40.1 Å². The Hall–Kier alpha value is -5.76. The number of aromatic amines is 4. The summed E-state index contributed by atoms with van der Waals surface area (Å²) in [6.45, 7) is 6.68. The molecule has 94 heavy (non-hydrogen) atoms.